The molecule has 94 valence electrons. The van der Waals surface area contributed by atoms with Gasteiger partial charge in [-0.2, -0.15) is 11.8 Å². The molecule has 0 radical (unpaired) electrons. The van der Waals surface area contributed by atoms with Crippen LogP contribution >= 0.6 is 11.8 Å². The average Bonchev–Trinajstić information content (AvgIpc) is 2.30. The van der Waals surface area contributed by atoms with Crippen molar-refractivity contribution in [1.29, 1.82) is 0 Å². The van der Waals surface area contributed by atoms with Crippen LogP contribution in [0, 0.1) is 0 Å². The van der Waals surface area contributed by atoms with Gasteiger partial charge in [0, 0.05) is 24.6 Å². The van der Waals surface area contributed by atoms with Gasteiger partial charge in [0.25, 0.3) is 10.0 Å². The SMILES string of the molecule is CCSCCC(=O)NS(=O)(=O)c1cccnc1. The van der Waals surface area contributed by atoms with Crippen molar-refractivity contribution in [2.24, 2.45) is 0 Å². The summed E-state index contributed by atoms with van der Waals surface area (Å²) in [6, 6.07) is 2.90. The maximum Gasteiger partial charge on any atom is 0.265 e. The normalized spacial score (nSPS) is 11.1. The number of hydrogen-bond acceptors (Lipinski definition) is 5. The molecule has 0 bridgehead atoms. The first-order chi connectivity index (χ1) is 8.06. The summed E-state index contributed by atoms with van der Waals surface area (Å²) in [4.78, 5) is 15.1. The van der Waals surface area contributed by atoms with E-state index in [1.165, 1.54) is 24.5 Å². The highest BCUT2D eigenvalue weighted by Crippen LogP contribution is 2.06. The molecule has 1 rings (SSSR count). The van der Waals surface area contributed by atoms with Crippen LogP contribution in [0.1, 0.15) is 13.3 Å². The number of nitrogens with one attached hydrogen (secondary N) is 1. The summed E-state index contributed by atoms with van der Waals surface area (Å²) in [5.41, 5.74) is 0. The van der Waals surface area contributed by atoms with E-state index in [2.05, 4.69) is 4.98 Å². The summed E-state index contributed by atoms with van der Waals surface area (Å²) in [6.07, 6.45) is 2.87. The van der Waals surface area contributed by atoms with Crippen molar-refractivity contribution in [3.05, 3.63) is 24.5 Å². The summed E-state index contributed by atoms with van der Waals surface area (Å²) in [7, 11) is -3.77. The fraction of sp³-hybridized carbons (Fsp3) is 0.400. The van der Waals surface area contributed by atoms with Crippen LogP contribution in [0.25, 0.3) is 0 Å². The van der Waals surface area contributed by atoms with Crippen molar-refractivity contribution in [1.82, 2.24) is 9.71 Å². The largest absolute Gasteiger partial charge is 0.274 e. The van der Waals surface area contributed by atoms with Gasteiger partial charge in [-0.05, 0) is 17.9 Å². The highest BCUT2D eigenvalue weighted by molar-refractivity contribution is 7.99. The number of amides is 1. The van der Waals surface area contributed by atoms with Gasteiger partial charge in [-0.1, -0.05) is 6.92 Å². The van der Waals surface area contributed by atoms with Crippen molar-refractivity contribution < 1.29 is 13.2 Å². The standard InChI is InChI=1S/C10H14N2O3S2/c1-2-16-7-5-10(13)12-17(14,15)9-4-3-6-11-8-9/h3-4,6,8H,2,5,7H2,1H3,(H,12,13). The predicted molar refractivity (Wildman–Crippen MR) is 67.2 cm³/mol. The molecule has 0 aromatic carbocycles. The molecule has 17 heavy (non-hydrogen) atoms. The summed E-state index contributed by atoms with van der Waals surface area (Å²) in [5, 5.41) is 0. The third-order valence-electron chi connectivity index (χ3n) is 1.87. The van der Waals surface area contributed by atoms with E-state index in [1.807, 2.05) is 11.6 Å². The first-order valence-corrected chi connectivity index (χ1v) is 7.73. The molecule has 1 amide bonds. The van der Waals surface area contributed by atoms with Gasteiger partial charge in [0.1, 0.15) is 4.90 Å². The van der Waals surface area contributed by atoms with E-state index in [0.29, 0.717) is 5.75 Å². The van der Waals surface area contributed by atoms with Crippen molar-refractivity contribution in [3.8, 4) is 0 Å². The molecule has 0 spiro atoms. The molecule has 1 heterocycles. The predicted octanol–water partition coefficient (Wildman–Crippen LogP) is 1.03. The van der Waals surface area contributed by atoms with Crippen LogP contribution in [-0.4, -0.2) is 30.8 Å². The van der Waals surface area contributed by atoms with E-state index >= 15 is 0 Å². The van der Waals surface area contributed by atoms with E-state index in [9.17, 15) is 13.2 Å². The van der Waals surface area contributed by atoms with Crippen LogP contribution in [0.2, 0.25) is 0 Å². The number of aromatic nitrogens is 1. The van der Waals surface area contributed by atoms with E-state index in [0.717, 1.165) is 5.75 Å². The number of nitrogens with zero attached hydrogens (tertiary/aromatic N) is 1. The Balaban J connectivity index is 2.59. The molecule has 0 saturated carbocycles. The number of carbonyl (C=O) groups excluding carboxylic acids is 1. The molecule has 0 aliphatic carbocycles. The minimum absolute atomic E-state index is 0.00325. The van der Waals surface area contributed by atoms with Gasteiger partial charge in [-0.3, -0.25) is 9.78 Å². The Hall–Kier alpha value is -1.08. The number of thioether (sulfide) groups is 1. The van der Waals surface area contributed by atoms with Crippen LogP contribution < -0.4 is 4.72 Å². The fourth-order valence-electron chi connectivity index (χ4n) is 1.08. The smallest absolute Gasteiger partial charge is 0.265 e. The van der Waals surface area contributed by atoms with Gasteiger partial charge in [0.15, 0.2) is 0 Å². The lowest BCUT2D eigenvalue weighted by atomic mass is 10.5. The first kappa shape index (κ1) is 14.0. The van der Waals surface area contributed by atoms with Gasteiger partial charge < -0.3 is 0 Å². The Bertz CT molecular complexity index is 460. The zero-order valence-corrected chi connectivity index (χ0v) is 11.1. The number of hydrogen-bond donors (Lipinski definition) is 1. The minimum atomic E-state index is -3.77. The zero-order chi connectivity index (χ0) is 12.7. The molecule has 0 atom stereocenters. The Labute approximate surface area is 105 Å². The van der Waals surface area contributed by atoms with Gasteiger partial charge in [0.2, 0.25) is 5.91 Å². The highest BCUT2D eigenvalue weighted by Gasteiger charge is 2.16. The van der Waals surface area contributed by atoms with Crippen LogP contribution in [0.5, 0.6) is 0 Å². The maximum atomic E-state index is 11.7. The summed E-state index contributed by atoms with van der Waals surface area (Å²) in [5.74, 6) is 1.03. The van der Waals surface area contributed by atoms with E-state index in [-0.39, 0.29) is 11.3 Å². The molecule has 1 aromatic heterocycles. The quantitative estimate of drug-likeness (QED) is 0.784. The van der Waals surface area contributed by atoms with Crippen molar-refractivity contribution in [2.75, 3.05) is 11.5 Å². The number of sulfonamides is 1. The molecule has 1 N–H and O–H groups in total. The Morgan fingerprint density at radius 1 is 1.53 bits per heavy atom. The Morgan fingerprint density at radius 2 is 2.29 bits per heavy atom. The second kappa shape index (κ2) is 6.61. The lowest BCUT2D eigenvalue weighted by molar-refractivity contribution is -0.118. The third kappa shape index (κ3) is 4.74. The summed E-state index contributed by atoms with van der Waals surface area (Å²) >= 11 is 1.59. The zero-order valence-electron chi connectivity index (χ0n) is 9.42. The topological polar surface area (TPSA) is 76.1 Å². The van der Waals surface area contributed by atoms with E-state index in [1.54, 1.807) is 11.8 Å². The van der Waals surface area contributed by atoms with E-state index < -0.39 is 15.9 Å². The van der Waals surface area contributed by atoms with Gasteiger partial charge in [-0.15, -0.1) is 0 Å². The van der Waals surface area contributed by atoms with Crippen LogP contribution in [0.3, 0.4) is 0 Å². The van der Waals surface area contributed by atoms with Gasteiger partial charge in [-0.25, -0.2) is 13.1 Å². The summed E-state index contributed by atoms with van der Waals surface area (Å²) < 4.78 is 25.4. The Kier molecular flexibility index (Phi) is 5.43. The fourth-order valence-corrected chi connectivity index (χ4v) is 2.67. The molecule has 0 fully saturated rings. The Morgan fingerprint density at radius 3 is 2.88 bits per heavy atom. The molecule has 0 aliphatic heterocycles. The molecule has 0 saturated heterocycles. The highest BCUT2D eigenvalue weighted by atomic mass is 32.2. The van der Waals surface area contributed by atoms with Gasteiger partial charge >= 0.3 is 0 Å². The molecular weight excluding hydrogens is 260 g/mol. The van der Waals surface area contributed by atoms with Gasteiger partial charge in [0.05, 0.1) is 0 Å². The second-order valence-electron chi connectivity index (χ2n) is 3.16. The van der Waals surface area contributed by atoms with Crippen molar-refractivity contribution >= 4 is 27.7 Å². The van der Waals surface area contributed by atoms with Crippen molar-refractivity contribution in [2.45, 2.75) is 18.2 Å². The van der Waals surface area contributed by atoms with Crippen molar-refractivity contribution in [3.63, 3.8) is 0 Å². The maximum absolute atomic E-state index is 11.7. The monoisotopic (exact) mass is 274 g/mol. The lowest BCUT2D eigenvalue weighted by Crippen LogP contribution is -2.30. The van der Waals surface area contributed by atoms with E-state index in [4.69, 9.17) is 0 Å². The molecule has 0 unspecified atom stereocenters. The minimum Gasteiger partial charge on any atom is -0.274 e. The molecule has 5 nitrogen and oxygen atoms in total. The molecular formula is C10H14N2O3S2. The second-order valence-corrected chi connectivity index (χ2v) is 6.24. The van der Waals surface area contributed by atoms with Crippen LogP contribution in [-0.2, 0) is 14.8 Å². The molecule has 7 heteroatoms. The van der Waals surface area contributed by atoms with Crippen LogP contribution in [0.4, 0.5) is 0 Å². The number of pyridine rings is 1. The molecule has 1 aromatic rings. The number of carbonyl (C=O) groups is 1. The molecule has 0 aliphatic rings. The summed E-state index contributed by atoms with van der Waals surface area (Å²) in [6.45, 7) is 1.98. The number of rotatable bonds is 6. The van der Waals surface area contributed by atoms with Crippen LogP contribution in [0.15, 0.2) is 29.4 Å². The average molecular weight is 274 g/mol. The third-order valence-corrected chi connectivity index (χ3v) is 4.13. The lowest BCUT2D eigenvalue weighted by Gasteiger charge is -2.05. The first-order valence-electron chi connectivity index (χ1n) is 5.09.